The standard InChI is InChI=1S/C58H41N/c1-4-15-42(16-5-1)49-24-13-26-56(41-49)59(54-33-29-45(30-34-54)48-23-12-25-50(37-48)58-28-14-22-47-21-10-11-27-57(47)58)55-35-31-46(32-36-55)53-39-51(43-17-6-2-7-18-43)38-52(40-53)44-19-8-3-9-20-44/h1-41H. The molecule has 0 saturated heterocycles. The normalized spacial score (nSPS) is 11.1. The van der Waals surface area contributed by atoms with Crippen LogP contribution in [0, 0.1) is 0 Å². The lowest BCUT2D eigenvalue weighted by Gasteiger charge is -2.26. The van der Waals surface area contributed by atoms with E-state index in [1.165, 1.54) is 77.5 Å². The maximum Gasteiger partial charge on any atom is 0.0467 e. The van der Waals surface area contributed by atoms with Crippen LogP contribution in [0.3, 0.4) is 0 Å². The molecule has 0 atom stereocenters. The molecule has 10 rings (SSSR count). The lowest BCUT2D eigenvalue weighted by atomic mass is 9.93. The molecule has 0 heterocycles. The van der Waals surface area contributed by atoms with Crippen molar-refractivity contribution in [3.8, 4) is 66.8 Å². The molecule has 0 aromatic heterocycles. The van der Waals surface area contributed by atoms with Gasteiger partial charge in [-0.3, -0.25) is 0 Å². The average Bonchev–Trinajstić information content (AvgIpc) is 3.33. The topological polar surface area (TPSA) is 3.24 Å². The van der Waals surface area contributed by atoms with E-state index in [2.05, 4.69) is 254 Å². The van der Waals surface area contributed by atoms with Crippen LogP contribution in [0.1, 0.15) is 0 Å². The third-order valence-corrected chi connectivity index (χ3v) is 11.2. The zero-order chi connectivity index (χ0) is 39.4. The molecule has 0 fully saturated rings. The average molecular weight is 752 g/mol. The number of hydrogen-bond acceptors (Lipinski definition) is 1. The summed E-state index contributed by atoms with van der Waals surface area (Å²) in [4.78, 5) is 2.36. The number of rotatable bonds is 9. The third kappa shape index (κ3) is 7.46. The van der Waals surface area contributed by atoms with Gasteiger partial charge in [0.15, 0.2) is 0 Å². The molecular formula is C58H41N. The Morgan fingerprint density at radius 1 is 0.203 bits per heavy atom. The molecule has 0 radical (unpaired) electrons. The fourth-order valence-corrected chi connectivity index (χ4v) is 8.24. The monoisotopic (exact) mass is 751 g/mol. The molecule has 10 aromatic carbocycles. The van der Waals surface area contributed by atoms with Gasteiger partial charge in [0.25, 0.3) is 0 Å². The van der Waals surface area contributed by atoms with Gasteiger partial charge in [-0.2, -0.15) is 0 Å². The van der Waals surface area contributed by atoms with Crippen molar-refractivity contribution < 1.29 is 0 Å². The summed E-state index contributed by atoms with van der Waals surface area (Å²) in [5, 5.41) is 2.52. The molecule has 0 aliphatic carbocycles. The summed E-state index contributed by atoms with van der Waals surface area (Å²) in [6.45, 7) is 0. The molecule has 0 saturated carbocycles. The Labute approximate surface area is 346 Å². The predicted molar refractivity (Wildman–Crippen MR) is 251 cm³/mol. The van der Waals surface area contributed by atoms with Gasteiger partial charge in [-0.1, -0.05) is 188 Å². The van der Waals surface area contributed by atoms with Crippen LogP contribution in [0.5, 0.6) is 0 Å². The maximum absolute atomic E-state index is 2.36. The van der Waals surface area contributed by atoms with Gasteiger partial charge in [0.1, 0.15) is 0 Å². The van der Waals surface area contributed by atoms with E-state index in [0.29, 0.717) is 0 Å². The van der Waals surface area contributed by atoms with Crippen LogP contribution in [0.4, 0.5) is 17.1 Å². The van der Waals surface area contributed by atoms with E-state index >= 15 is 0 Å². The second-order valence-corrected chi connectivity index (χ2v) is 15.0. The Morgan fingerprint density at radius 3 is 1.15 bits per heavy atom. The van der Waals surface area contributed by atoms with Crippen molar-refractivity contribution in [1.82, 2.24) is 0 Å². The summed E-state index contributed by atoms with van der Waals surface area (Å²) in [6, 6.07) is 89.8. The Balaban J connectivity index is 1.03. The van der Waals surface area contributed by atoms with Gasteiger partial charge in [0.2, 0.25) is 0 Å². The van der Waals surface area contributed by atoms with Gasteiger partial charge in [0.05, 0.1) is 0 Å². The van der Waals surface area contributed by atoms with Gasteiger partial charge in [-0.25, -0.2) is 0 Å². The molecule has 0 bridgehead atoms. The zero-order valence-electron chi connectivity index (χ0n) is 32.6. The van der Waals surface area contributed by atoms with Crippen molar-refractivity contribution in [3.63, 3.8) is 0 Å². The van der Waals surface area contributed by atoms with Gasteiger partial charge in [-0.15, -0.1) is 0 Å². The minimum Gasteiger partial charge on any atom is -0.310 e. The first kappa shape index (κ1) is 35.7. The number of anilines is 3. The molecular weight excluding hydrogens is 711 g/mol. The van der Waals surface area contributed by atoms with E-state index < -0.39 is 0 Å². The SMILES string of the molecule is c1ccc(-c2cc(-c3ccccc3)cc(-c3ccc(N(c4ccc(-c5cccc(-c6cccc7ccccc67)c5)cc4)c4cccc(-c5ccccc5)c4)cc3)c2)cc1. The minimum absolute atomic E-state index is 1.09. The first-order valence-electron chi connectivity index (χ1n) is 20.2. The second kappa shape index (κ2) is 16.0. The Hall–Kier alpha value is -7.74. The van der Waals surface area contributed by atoms with Crippen LogP contribution in [0.25, 0.3) is 77.5 Å². The number of nitrogens with zero attached hydrogens (tertiary/aromatic N) is 1. The molecule has 1 nitrogen and oxygen atoms in total. The Kier molecular flexibility index (Phi) is 9.68. The van der Waals surface area contributed by atoms with E-state index in [1.807, 2.05) is 0 Å². The van der Waals surface area contributed by atoms with Crippen LogP contribution < -0.4 is 4.90 Å². The molecule has 0 aliphatic heterocycles. The van der Waals surface area contributed by atoms with E-state index in [9.17, 15) is 0 Å². The quantitative estimate of drug-likeness (QED) is 0.142. The highest BCUT2D eigenvalue weighted by Crippen LogP contribution is 2.40. The zero-order valence-corrected chi connectivity index (χ0v) is 32.6. The first-order chi connectivity index (χ1) is 29.2. The summed E-state index contributed by atoms with van der Waals surface area (Å²) >= 11 is 0. The molecule has 0 amide bonds. The van der Waals surface area contributed by atoms with Crippen molar-refractivity contribution in [1.29, 1.82) is 0 Å². The largest absolute Gasteiger partial charge is 0.310 e. The van der Waals surface area contributed by atoms with Gasteiger partial charge in [0, 0.05) is 17.1 Å². The molecule has 0 spiro atoms. The van der Waals surface area contributed by atoms with Crippen molar-refractivity contribution in [2.75, 3.05) is 4.90 Å². The second-order valence-electron chi connectivity index (χ2n) is 15.0. The fourth-order valence-electron chi connectivity index (χ4n) is 8.24. The lowest BCUT2D eigenvalue weighted by molar-refractivity contribution is 1.28. The van der Waals surface area contributed by atoms with Gasteiger partial charge < -0.3 is 4.90 Å². The molecule has 1 heteroatoms. The number of fused-ring (bicyclic) bond motifs is 1. The van der Waals surface area contributed by atoms with Crippen LogP contribution in [-0.2, 0) is 0 Å². The van der Waals surface area contributed by atoms with Crippen LogP contribution >= 0.6 is 0 Å². The maximum atomic E-state index is 2.36. The third-order valence-electron chi connectivity index (χ3n) is 11.2. The molecule has 10 aromatic rings. The highest BCUT2D eigenvalue weighted by Gasteiger charge is 2.16. The number of benzene rings is 10. The Bertz CT molecular complexity index is 2940. The van der Waals surface area contributed by atoms with Crippen molar-refractivity contribution in [2.45, 2.75) is 0 Å². The fraction of sp³-hybridized carbons (Fsp3) is 0. The smallest absolute Gasteiger partial charge is 0.0467 e. The highest BCUT2D eigenvalue weighted by molar-refractivity contribution is 5.97. The molecule has 0 unspecified atom stereocenters. The van der Waals surface area contributed by atoms with Gasteiger partial charge in [-0.05, 0) is 138 Å². The van der Waals surface area contributed by atoms with Crippen molar-refractivity contribution in [2.24, 2.45) is 0 Å². The minimum atomic E-state index is 1.09. The molecule has 0 N–H and O–H groups in total. The highest BCUT2D eigenvalue weighted by atomic mass is 15.1. The Morgan fingerprint density at radius 2 is 0.576 bits per heavy atom. The predicted octanol–water partition coefficient (Wildman–Crippen LogP) is 16.3. The van der Waals surface area contributed by atoms with Crippen LogP contribution in [0.15, 0.2) is 249 Å². The van der Waals surface area contributed by atoms with Crippen LogP contribution in [0.2, 0.25) is 0 Å². The lowest BCUT2D eigenvalue weighted by Crippen LogP contribution is -2.10. The van der Waals surface area contributed by atoms with E-state index in [1.54, 1.807) is 0 Å². The summed E-state index contributed by atoms with van der Waals surface area (Å²) in [5.41, 5.74) is 17.7. The van der Waals surface area contributed by atoms with Crippen molar-refractivity contribution >= 4 is 27.8 Å². The summed E-state index contributed by atoms with van der Waals surface area (Å²) in [7, 11) is 0. The summed E-state index contributed by atoms with van der Waals surface area (Å²) in [5.74, 6) is 0. The number of hydrogen-bond donors (Lipinski definition) is 0. The van der Waals surface area contributed by atoms with Crippen LogP contribution in [-0.4, -0.2) is 0 Å². The molecule has 0 aliphatic rings. The first-order valence-corrected chi connectivity index (χ1v) is 20.2. The van der Waals surface area contributed by atoms with Crippen molar-refractivity contribution in [3.05, 3.63) is 249 Å². The molecule has 278 valence electrons. The van der Waals surface area contributed by atoms with Gasteiger partial charge >= 0.3 is 0 Å². The van der Waals surface area contributed by atoms with E-state index in [-0.39, 0.29) is 0 Å². The summed E-state index contributed by atoms with van der Waals surface area (Å²) < 4.78 is 0. The van der Waals surface area contributed by atoms with E-state index in [0.717, 1.165) is 17.1 Å². The van der Waals surface area contributed by atoms with E-state index in [4.69, 9.17) is 0 Å². The molecule has 59 heavy (non-hydrogen) atoms. The summed E-state index contributed by atoms with van der Waals surface area (Å²) in [6.07, 6.45) is 0.